The largest absolute Gasteiger partial charge is 0.465 e. The number of nitrogens with zero attached hydrogens (tertiary/aromatic N) is 1. The van der Waals surface area contributed by atoms with E-state index >= 15 is 0 Å². The molecule has 0 aliphatic heterocycles. The molecule has 0 amide bonds. The Labute approximate surface area is 115 Å². The second kappa shape index (κ2) is 6.57. The van der Waals surface area contributed by atoms with Crippen LogP contribution in [0.2, 0.25) is 0 Å². The van der Waals surface area contributed by atoms with Gasteiger partial charge in [-0.25, -0.2) is 4.79 Å². The maximum absolute atomic E-state index is 11.7. The zero-order valence-electron chi connectivity index (χ0n) is 12.4. The van der Waals surface area contributed by atoms with Crippen LogP contribution in [0.25, 0.3) is 0 Å². The van der Waals surface area contributed by atoms with Crippen LogP contribution in [0.1, 0.15) is 31.1 Å². The number of hydrogen-bond acceptors (Lipinski definition) is 4. The molecule has 19 heavy (non-hydrogen) atoms. The Bertz CT molecular complexity index is 424. The molecular weight excluding hydrogens is 242 g/mol. The minimum atomic E-state index is -0.320. The van der Waals surface area contributed by atoms with E-state index in [1.165, 1.54) is 7.11 Å². The first-order valence-electron chi connectivity index (χ1n) is 6.37. The van der Waals surface area contributed by atoms with Crippen molar-refractivity contribution < 1.29 is 14.3 Å². The van der Waals surface area contributed by atoms with Crippen LogP contribution in [-0.4, -0.2) is 38.9 Å². The molecule has 0 aromatic heterocycles. The number of hydrogen-bond donors (Lipinski definition) is 0. The number of ether oxygens (including phenoxy) is 2. The van der Waals surface area contributed by atoms with E-state index in [1.54, 1.807) is 6.07 Å². The van der Waals surface area contributed by atoms with E-state index in [1.807, 2.05) is 50.9 Å². The van der Waals surface area contributed by atoms with Crippen LogP contribution in [0, 0.1) is 0 Å². The molecule has 0 aliphatic rings. The number of anilines is 1. The predicted octanol–water partition coefficient (Wildman–Crippen LogP) is 2.72. The molecule has 1 aromatic carbocycles. The lowest BCUT2D eigenvalue weighted by Gasteiger charge is -2.25. The lowest BCUT2D eigenvalue weighted by atomic mass is 10.1. The molecule has 0 heterocycles. The fourth-order valence-corrected chi connectivity index (χ4v) is 1.70. The summed E-state index contributed by atoms with van der Waals surface area (Å²) in [6, 6.07) is 7.41. The van der Waals surface area contributed by atoms with Crippen molar-refractivity contribution in [3.05, 3.63) is 29.8 Å². The van der Waals surface area contributed by atoms with Gasteiger partial charge in [-0.1, -0.05) is 12.1 Å². The summed E-state index contributed by atoms with van der Waals surface area (Å²) >= 11 is 0. The Morgan fingerprint density at radius 2 is 1.89 bits per heavy atom. The molecule has 0 aliphatic carbocycles. The normalized spacial score (nSPS) is 11.2. The van der Waals surface area contributed by atoms with Crippen LogP contribution in [0.15, 0.2) is 24.3 Å². The quantitative estimate of drug-likeness (QED) is 0.767. The van der Waals surface area contributed by atoms with Crippen molar-refractivity contribution in [2.75, 3.05) is 32.2 Å². The maximum Gasteiger partial charge on any atom is 0.339 e. The molecule has 0 radical (unpaired) electrons. The zero-order chi connectivity index (χ0) is 14.5. The van der Waals surface area contributed by atoms with Gasteiger partial charge < -0.3 is 14.4 Å². The van der Waals surface area contributed by atoms with E-state index < -0.39 is 0 Å². The molecular formula is C15H23NO3. The molecule has 0 unspecified atom stereocenters. The standard InChI is InChI=1S/C15H23NO3/c1-15(2,3)19-11-10-16(4)13-9-7-6-8-12(13)14(17)18-5/h6-9H,10-11H2,1-5H3. The first kappa shape index (κ1) is 15.5. The van der Waals surface area contributed by atoms with Crippen molar-refractivity contribution in [2.24, 2.45) is 0 Å². The molecule has 0 N–H and O–H groups in total. The van der Waals surface area contributed by atoms with Gasteiger partial charge in [-0.2, -0.15) is 0 Å². The Kier molecular flexibility index (Phi) is 5.36. The Morgan fingerprint density at radius 1 is 1.26 bits per heavy atom. The lowest BCUT2D eigenvalue weighted by molar-refractivity contribution is 0.00164. The molecule has 106 valence electrons. The molecule has 0 fully saturated rings. The van der Waals surface area contributed by atoms with Crippen LogP contribution in [0.3, 0.4) is 0 Å². The third kappa shape index (κ3) is 4.91. The third-order valence-electron chi connectivity index (χ3n) is 2.68. The lowest BCUT2D eigenvalue weighted by Crippen LogP contribution is -2.29. The van der Waals surface area contributed by atoms with E-state index in [9.17, 15) is 4.79 Å². The van der Waals surface area contributed by atoms with Crippen molar-refractivity contribution in [1.82, 2.24) is 0 Å². The van der Waals surface area contributed by atoms with Gasteiger partial charge in [0.25, 0.3) is 0 Å². The number of carbonyl (C=O) groups excluding carboxylic acids is 1. The predicted molar refractivity (Wildman–Crippen MR) is 76.8 cm³/mol. The van der Waals surface area contributed by atoms with Gasteiger partial charge in [-0.15, -0.1) is 0 Å². The molecule has 1 rings (SSSR count). The SMILES string of the molecule is COC(=O)c1ccccc1N(C)CCOC(C)(C)C. The average Bonchev–Trinajstić information content (AvgIpc) is 2.36. The van der Waals surface area contributed by atoms with Crippen LogP contribution in [-0.2, 0) is 9.47 Å². The summed E-state index contributed by atoms with van der Waals surface area (Å²) in [4.78, 5) is 13.7. The van der Waals surface area contributed by atoms with Gasteiger partial charge in [0, 0.05) is 13.6 Å². The fourth-order valence-electron chi connectivity index (χ4n) is 1.70. The number of esters is 1. The molecule has 0 saturated heterocycles. The highest BCUT2D eigenvalue weighted by Crippen LogP contribution is 2.20. The molecule has 0 saturated carbocycles. The van der Waals surface area contributed by atoms with E-state index in [2.05, 4.69) is 0 Å². The third-order valence-corrected chi connectivity index (χ3v) is 2.68. The smallest absolute Gasteiger partial charge is 0.339 e. The first-order chi connectivity index (χ1) is 8.85. The molecule has 0 spiro atoms. The van der Waals surface area contributed by atoms with Crippen LogP contribution in [0.4, 0.5) is 5.69 Å². The van der Waals surface area contributed by atoms with Crippen molar-refractivity contribution >= 4 is 11.7 Å². The van der Waals surface area contributed by atoms with Gasteiger partial charge in [0.15, 0.2) is 0 Å². The summed E-state index contributed by atoms with van der Waals surface area (Å²) in [5.41, 5.74) is 1.28. The van der Waals surface area contributed by atoms with Gasteiger partial charge in [-0.05, 0) is 32.9 Å². The van der Waals surface area contributed by atoms with Gasteiger partial charge >= 0.3 is 5.97 Å². The number of carbonyl (C=O) groups is 1. The minimum absolute atomic E-state index is 0.150. The van der Waals surface area contributed by atoms with E-state index in [0.717, 1.165) is 5.69 Å². The highest BCUT2D eigenvalue weighted by atomic mass is 16.5. The van der Waals surface area contributed by atoms with Crippen LogP contribution < -0.4 is 4.90 Å². The number of benzene rings is 1. The molecule has 0 atom stereocenters. The van der Waals surface area contributed by atoms with Crippen molar-refractivity contribution in [3.8, 4) is 0 Å². The zero-order valence-corrected chi connectivity index (χ0v) is 12.4. The molecule has 4 nitrogen and oxygen atoms in total. The van der Waals surface area contributed by atoms with E-state index in [4.69, 9.17) is 9.47 Å². The van der Waals surface area contributed by atoms with Gasteiger partial charge in [0.2, 0.25) is 0 Å². The van der Waals surface area contributed by atoms with E-state index in [-0.39, 0.29) is 11.6 Å². The fraction of sp³-hybridized carbons (Fsp3) is 0.533. The molecule has 4 heteroatoms. The number of methoxy groups -OCH3 is 1. The van der Waals surface area contributed by atoms with Gasteiger partial charge in [0.05, 0.1) is 30.6 Å². The summed E-state index contributed by atoms with van der Waals surface area (Å²) in [6.45, 7) is 7.39. The highest BCUT2D eigenvalue weighted by Gasteiger charge is 2.15. The molecule has 1 aromatic rings. The topological polar surface area (TPSA) is 38.8 Å². The monoisotopic (exact) mass is 265 g/mol. The Hall–Kier alpha value is -1.55. The van der Waals surface area contributed by atoms with Gasteiger partial charge in [-0.3, -0.25) is 0 Å². The number of para-hydroxylation sites is 1. The number of likely N-dealkylation sites (N-methyl/N-ethyl adjacent to an activating group) is 1. The van der Waals surface area contributed by atoms with Gasteiger partial charge in [0.1, 0.15) is 0 Å². The summed E-state index contributed by atoms with van der Waals surface area (Å²) in [5.74, 6) is -0.320. The number of rotatable bonds is 5. The summed E-state index contributed by atoms with van der Waals surface area (Å²) < 4.78 is 10.5. The summed E-state index contributed by atoms with van der Waals surface area (Å²) in [6.07, 6.45) is 0. The van der Waals surface area contributed by atoms with E-state index in [0.29, 0.717) is 18.7 Å². The second-order valence-corrected chi connectivity index (χ2v) is 5.39. The Morgan fingerprint density at radius 3 is 2.47 bits per heavy atom. The highest BCUT2D eigenvalue weighted by molar-refractivity contribution is 5.95. The van der Waals surface area contributed by atoms with Crippen molar-refractivity contribution in [1.29, 1.82) is 0 Å². The maximum atomic E-state index is 11.7. The van der Waals surface area contributed by atoms with Crippen LogP contribution in [0.5, 0.6) is 0 Å². The first-order valence-corrected chi connectivity index (χ1v) is 6.37. The minimum Gasteiger partial charge on any atom is -0.465 e. The summed E-state index contributed by atoms with van der Waals surface area (Å²) in [5, 5.41) is 0. The second-order valence-electron chi connectivity index (χ2n) is 5.39. The van der Waals surface area contributed by atoms with Crippen molar-refractivity contribution in [2.45, 2.75) is 26.4 Å². The average molecular weight is 265 g/mol. The van der Waals surface area contributed by atoms with Crippen LogP contribution >= 0.6 is 0 Å². The van der Waals surface area contributed by atoms with Crippen molar-refractivity contribution in [3.63, 3.8) is 0 Å². The molecule has 0 bridgehead atoms. The Balaban J connectivity index is 2.71. The summed E-state index contributed by atoms with van der Waals surface area (Å²) in [7, 11) is 3.33.